The van der Waals surface area contributed by atoms with Crippen molar-refractivity contribution >= 4 is 16.1 Å². The minimum absolute atomic E-state index is 0.592. The first-order chi connectivity index (χ1) is 4.97. The molecule has 0 spiro atoms. The summed E-state index contributed by atoms with van der Waals surface area (Å²) in [5, 5.41) is 0. The molecule has 0 saturated carbocycles. The van der Waals surface area contributed by atoms with E-state index in [9.17, 15) is 0 Å². The van der Waals surface area contributed by atoms with Gasteiger partial charge in [0.15, 0.2) is 0 Å². The van der Waals surface area contributed by atoms with E-state index in [0.717, 1.165) is 17.9 Å². The molecular weight excluding hydrogens is 189 g/mol. The van der Waals surface area contributed by atoms with Crippen LogP contribution >= 0.6 is 0 Å². The summed E-state index contributed by atoms with van der Waals surface area (Å²) >= 11 is -0.592. The first kappa shape index (κ1) is 6.25. The summed E-state index contributed by atoms with van der Waals surface area (Å²) in [4.78, 5) is 0. The van der Waals surface area contributed by atoms with Crippen LogP contribution < -0.4 is 3.76 Å². The van der Waals surface area contributed by atoms with Crippen LogP contribution in [0.4, 0.5) is 0 Å². The van der Waals surface area contributed by atoms with Gasteiger partial charge in [-0.2, -0.15) is 0 Å². The molecule has 0 N–H and O–H groups in total. The van der Waals surface area contributed by atoms with Gasteiger partial charge in [-0.25, -0.2) is 0 Å². The summed E-state index contributed by atoms with van der Waals surface area (Å²) in [6.07, 6.45) is 0. The van der Waals surface area contributed by atoms with Crippen molar-refractivity contribution in [3.8, 4) is 5.75 Å². The fraction of sp³-hybridized carbons (Fsp3) is 0.143. The third-order valence-electron chi connectivity index (χ3n) is 1.41. The van der Waals surface area contributed by atoms with Crippen molar-refractivity contribution in [1.29, 1.82) is 0 Å². The molecule has 1 aliphatic heterocycles. The van der Waals surface area contributed by atoms with Crippen LogP contribution in [0.15, 0.2) is 24.3 Å². The van der Waals surface area contributed by atoms with E-state index in [2.05, 4.69) is 0 Å². The predicted molar refractivity (Wildman–Crippen MR) is 37.6 cm³/mol. The van der Waals surface area contributed by atoms with Crippen LogP contribution in [0.2, 0.25) is 0 Å². The van der Waals surface area contributed by atoms with E-state index in [1.54, 1.807) is 0 Å². The van der Waals surface area contributed by atoms with Crippen molar-refractivity contribution in [3.63, 3.8) is 0 Å². The molecule has 2 rings (SSSR count). The van der Waals surface area contributed by atoms with Crippen LogP contribution in [0.1, 0.15) is 5.56 Å². The summed E-state index contributed by atoms with van der Waals surface area (Å²) in [6.45, 7) is 0.732. The molecule has 0 aromatic heterocycles. The van der Waals surface area contributed by atoms with E-state index in [-0.39, 0.29) is 0 Å². The minimum atomic E-state index is -0.592. The van der Waals surface area contributed by atoms with E-state index >= 15 is 0 Å². The number of hydrogen-bond donors (Lipinski definition) is 0. The number of para-hydroxylation sites is 1. The van der Waals surface area contributed by atoms with Gasteiger partial charge < -0.3 is 0 Å². The Hall–Kier alpha value is -0.477. The van der Waals surface area contributed by atoms with Crippen LogP contribution in [0.25, 0.3) is 0 Å². The Morgan fingerprint density at radius 3 is 3.10 bits per heavy atom. The molecule has 10 heavy (non-hydrogen) atoms. The second-order valence-electron chi connectivity index (χ2n) is 2.08. The number of benzene rings is 1. The molecule has 0 aliphatic carbocycles. The average molecular weight is 195 g/mol. The van der Waals surface area contributed by atoms with Crippen molar-refractivity contribution < 1.29 is 7.53 Å². The van der Waals surface area contributed by atoms with Gasteiger partial charge in [-0.3, -0.25) is 0 Å². The monoisotopic (exact) mass is 196 g/mol. The summed E-state index contributed by atoms with van der Waals surface area (Å²) in [5.41, 5.74) is 1.16. The molecule has 1 aromatic carbocycles. The summed E-state index contributed by atoms with van der Waals surface area (Å²) in [7, 11) is 0. The normalized spacial score (nSPS) is 15.6. The molecule has 0 bridgehead atoms. The first-order valence-corrected chi connectivity index (χ1v) is 4.80. The molecule has 1 aromatic rings. The molecule has 2 radical (unpaired) electrons. The van der Waals surface area contributed by atoms with Crippen LogP contribution in [0, 0.1) is 0 Å². The van der Waals surface area contributed by atoms with Gasteiger partial charge in [0.2, 0.25) is 0 Å². The van der Waals surface area contributed by atoms with Gasteiger partial charge in [0.1, 0.15) is 0 Å². The second kappa shape index (κ2) is 2.64. The maximum atomic E-state index is 5.33. The third-order valence-corrected chi connectivity index (χ3v) is 2.60. The van der Waals surface area contributed by atoms with Crippen LogP contribution in [-0.4, -0.2) is 16.1 Å². The Labute approximate surface area is 66.3 Å². The molecule has 2 nitrogen and oxygen atoms in total. The van der Waals surface area contributed by atoms with Crippen LogP contribution in [-0.2, 0) is 10.4 Å². The fourth-order valence-corrected chi connectivity index (χ4v) is 2.08. The summed E-state index contributed by atoms with van der Waals surface area (Å²) in [5.74, 6) is 1.01. The molecule has 0 fully saturated rings. The predicted octanol–water partition coefficient (Wildman–Crippen LogP) is 1.13. The van der Waals surface area contributed by atoms with Gasteiger partial charge in [-0.15, -0.1) is 0 Å². The summed E-state index contributed by atoms with van der Waals surface area (Å²) < 4.78 is 10.5. The molecule has 0 atom stereocenters. The fourth-order valence-electron chi connectivity index (χ4n) is 0.904. The quantitative estimate of drug-likeness (QED) is 0.577. The van der Waals surface area contributed by atoms with E-state index in [4.69, 9.17) is 7.53 Å². The Morgan fingerprint density at radius 2 is 2.20 bits per heavy atom. The first-order valence-electron chi connectivity index (χ1n) is 3.08. The van der Waals surface area contributed by atoms with E-state index in [1.165, 1.54) is 0 Å². The van der Waals surface area contributed by atoms with Gasteiger partial charge in [-0.1, -0.05) is 0 Å². The maximum absolute atomic E-state index is 5.33. The van der Waals surface area contributed by atoms with E-state index in [0.29, 0.717) is 0 Å². The van der Waals surface area contributed by atoms with Crippen molar-refractivity contribution in [2.75, 3.05) is 0 Å². The third kappa shape index (κ3) is 1.04. The molecule has 3 heteroatoms. The van der Waals surface area contributed by atoms with Crippen LogP contribution in [0.5, 0.6) is 5.75 Å². The van der Waals surface area contributed by atoms with Crippen LogP contribution in [0.3, 0.4) is 0 Å². The molecule has 1 heterocycles. The van der Waals surface area contributed by atoms with Crippen molar-refractivity contribution in [1.82, 2.24) is 0 Å². The van der Waals surface area contributed by atoms with Gasteiger partial charge in [0.25, 0.3) is 0 Å². The Balaban J connectivity index is 2.41. The molecule has 1 aliphatic rings. The zero-order chi connectivity index (χ0) is 6.81. The zero-order valence-electron chi connectivity index (χ0n) is 5.33. The van der Waals surface area contributed by atoms with Gasteiger partial charge >= 0.3 is 65.8 Å². The Morgan fingerprint density at radius 1 is 1.30 bits per heavy atom. The average Bonchev–Trinajstić information content (AvgIpc) is 2.05. The zero-order valence-corrected chi connectivity index (χ0v) is 7.43. The van der Waals surface area contributed by atoms with E-state index in [1.807, 2.05) is 24.3 Å². The van der Waals surface area contributed by atoms with Crippen molar-refractivity contribution in [2.45, 2.75) is 6.61 Å². The second-order valence-corrected chi connectivity index (χ2v) is 3.47. The number of rotatable bonds is 0. The molecule has 0 unspecified atom stereocenters. The molecule has 50 valence electrons. The van der Waals surface area contributed by atoms with Crippen molar-refractivity contribution in [3.05, 3.63) is 29.8 Å². The Kier molecular flexibility index (Phi) is 1.65. The van der Waals surface area contributed by atoms with Crippen molar-refractivity contribution in [2.24, 2.45) is 0 Å². The van der Waals surface area contributed by atoms with Gasteiger partial charge in [-0.05, 0) is 0 Å². The molecule has 0 saturated heterocycles. The Bertz CT molecular complexity index is 212. The molecule has 0 amide bonds. The topological polar surface area (TPSA) is 18.5 Å². The van der Waals surface area contributed by atoms with E-state index < -0.39 is 16.1 Å². The van der Waals surface area contributed by atoms with Gasteiger partial charge in [0.05, 0.1) is 0 Å². The van der Waals surface area contributed by atoms with Gasteiger partial charge in [0, 0.05) is 0 Å². The summed E-state index contributed by atoms with van der Waals surface area (Å²) in [6, 6.07) is 8.00. The molecular formula is C7H6GeO2. The SMILES string of the molecule is c1ccc2c(c1)C[O][Ge][O]2. The number of hydrogen-bond acceptors (Lipinski definition) is 2. The standard InChI is InChI=1S/C7H6GeO2/c1-2-4-7-6(3-1)5-9-8-10-7/h1-4H,5H2. The number of fused-ring (bicyclic) bond motifs is 1.